The number of carbonyl (C=O) groups is 1. The Balaban J connectivity index is 1.53. The van der Waals surface area contributed by atoms with Gasteiger partial charge in [-0.3, -0.25) is 9.69 Å². The summed E-state index contributed by atoms with van der Waals surface area (Å²) in [6.45, 7) is 5.59. The minimum atomic E-state index is -0.399. The quantitative estimate of drug-likeness (QED) is 0.617. The number of rotatable bonds is 6. The van der Waals surface area contributed by atoms with Crippen LogP contribution in [-0.4, -0.2) is 62.6 Å². The molecule has 0 saturated carbocycles. The number of anilines is 1. The van der Waals surface area contributed by atoms with Crippen molar-refractivity contribution in [2.75, 3.05) is 51.7 Å². The van der Waals surface area contributed by atoms with Crippen LogP contribution in [0.25, 0.3) is 0 Å². The molecule has 0 spiro atoms. The molecule has 1 fully saturated rings. The van der Waals surface area contributed by atoms with E-state index in [0.717, 1.165) is 38.3 Å². The summed E-state index contributed by atoms with van der Waals surface area (Å²) in [5.74, 6) is 5.88. The number of amides is 1. The zero-order valence-corrected chi connectivity index (χ0v) is 16.0. The predicted octanol–water partition coefficient (Wildman–Crippen LogP) is 2.42. The third kappa shape index (κ3) is 5.81. The van der Waals surface area contributed by atoms with Crippen molar-refractivity contribution in [3.8, 4) is 17.6 Å². The standard InChI is InChI=1S/C22H24FN3O2/c1-25-10-12-26(13-11-25)14-15-28-21-9-6-19(22(23)16-21)5-2-18-3-7-20(8-4-18)24-17-27/h3-4,6-9,16-17H,10-15H2,1H3,(H,24,27). The van der Waals surface area contributed by atoms with Crippen molar-refractivity contribution in [2.45, 2.75) is 0 Å². The third-order valence-corrected chi connectivity index (χ3v) is 4.66. The van der Waals surface area contributed by atoms with E-state index in [0.29, 0.717) is 30.0 Å². The highest BCUT2D eigenvalue weighted by Gasteiger charge is 2.13. The summed E-state index contributed by atoms with van der Waals surface area (Å²) in [4.78, 5) is 15.1. The van der Waals surface area contributed by atoms with E-state index in [4.69, 9.17) is 4.74 Å². The Bertz CT molecular complexity index is 850. The molecule has 3 rings (SSSR count). The second-order valence-electron chi connectivity index (χ2n) is 6.72. The van der Waals surface area contributed by atoms with Crippen LogP contribution in [0.1, 0.15) is 11.1 Å². The van der Waals surface area contributed by atoms with Gasteiger partial charge in [-0.1, -0.05) is 11.8 Å². The highest BCUT2D eigenvalue weighted by Crippen LogP contribution is 2.16. The van der Waals surface area contributed by atoms with Crippen LogP contribution in [0.2, 0.25) is 0 Å². The number of ether oxygens (including phenoxy) is 1. The van der Waals surface area contributed by atoms with Crippen LogP contribution < -0.4 is 10.1 Å². The highest BCUT2D eigenvalue weighted by atomic mass is 19.1. The second kappa shape index (κ2) is 9.88. The fourth-order valence-corrected chi connectivity index (χ4v) is 2.91. The molecule has 146 valence electrons. The molecule has 1 saturated heterocycles. The lowest BCUT2D eigenvalue weighted by Crippen LogP contribution is -2.45. The number of carbonyl (C=O) groups excluding carboxylic acids is 1. The first-order valence-corrected chi connectivity index (χ1v) is 9.29. The van der Waals surface area contributed by atoms with Crippen molar-refractivity contribution in [2.24, 2.45) is 0 Å². The molecule has 0 aliphatic carbocycles. The van der Waals surface area contributed by atoms with Gasteiger partial charge in [0.1, 0.15) is 18.2 Å². The molecule has 1 heterocycles. The van der Waals surface area contributed by atoms with E-state index in [2.05, 4.69) is 34.0 Å². The number of hydrogen-bond donors (Lipinski definition) is 1. The van der Waals surface area contributed by atoms with Gasteiger partial charge in [0, 0.05) is 50.0 Å². The molecular formula is C22H24FN3O2. The van der Waals surface area contributed by atoms with Crippen LogP contribution in [0, 0.1) is 17.7 Å². The number of hydrogen-bond acceptors (Lipinski definition) is 4. The number of halogens is 1. The Morgan fingerprint density at radius 1 is 1.11 bits per heavy atom. The molecule has 0 bridgehead atoms. The fourth-order valence-electron chi connectivity index (χ4n) is 2.91. The SMILES string of the molecule is CN1CCN(CCOc2ccc(C#Cc3ccc(NC=O)cc3)c(F)c2)CC1. The monoisotopic (exact) mass is 381 g/mol. The van der Waals surface area contributed by atoms with Crippen LogP contribution >= 0.6 is 0 Å². The summed E-state index contributed by atoms with van der Waals surface area (Å²) in [6.07, 6.45) is 0.616. The second-order valence-corrected chi connectivity index (χ2v) is 6.72. The van der Waals surface area contributed by atoms with Crippen molar-refractivity contribution in [1.82, 2.24) is 9.80 Å². The zero-order valence-electron chi connectivity index (χ0n) is 16.0. The molecule has 0 unspecified atom stereocenters. The maximum absolute atomic E-state index is 14.3. The molecule has 2 aromatic carbocycles. The molecule has 1 aliphatic rings. The number of likely N-dealkylation sites (N-methyl/N-ethyl adjacent to an activating group) is 1. The summed E-state index contributed by atoms with van der Waals surface area (Å²) >= 11 is 0. The van der Waals surface area contributed by atoms with E-state index in [-0.39, 0.29) is 0 Å². The van der Waals surface area contributed by atoms with Crippen molar-refractivity contribution >= 4 is 12.1 Å². The van der Waals surface area contributed by atoms with Gasteiger partial charge in [0.25, 0.3) is 0 Å². The van der Waals surface area contributed by atoms with Crippen molar-refractivity contribution in [1.29, 1.82) is 0 Å². The van der Waals surface area contributed by atoms with Gasteiger partial charge in [0.2, 0.25) is 6.41 Å². The van der Waals surface area contributed by atoms with Gasteiger partial charge in [0.15, 0.2) is 0 Å². The largest absolute Gasteiger partial charge is 0.492 e. The average molecular weight is 381 g/mol. The van der Waals surface area contributed by atoms with E-state index >= 15 is 0 Å². The van der Waals surface area contributed by atoms with Gasteiger partial charge in [-0.25, -0.2) is 4.39 Å². The van der Waals surface area contributed by atoms with E-state index in [1.54, 1.807) is 36.4 Å². The first kappa shape index (κ1) is 19.9. The number of piperazine rings is 1. The molecule has 1 N–H and O–H groups in total. The Labute approximate surface area is 165 Å². The summed E-state index contributed by atoms with van der Waals surface area (Å²) in [6, 6.07) is 11.8. The van der Waals surface area contributed by atoms with E-state index in [1.165, 1.54) is 6.07 Å². The lowest BCUT2D eigenvalue weighted by atomic mass is 10.1. The van der Waals surface area contributed by atoms with E-state index < -0.39 is 5.82 Å². The van der Waals surface area contributed by atoms with Crippen LogP contribution in [-0.2, 0) is 4.79 Å². The first-order chi connectivity index (χ1) is 13.6. The Morgan fingerprint density at radius 3 is 2.54 bits per heavy atom. The maximum atomic E-state index is 14.3. The summed E-state index contributed by atoms with van der Waals surface area (Å²) in [7, 11) is 2.13. The third-order valence-electron chi connectivity index (χ3n) is 4.66. The topological polar surface area (TPSA) is 44.8 Å². The van der Waals surface area contributed by atoms with Crippen LogP contribution in [0.15, 0.2) is 42.5 Å². The van der Waals surface area contributed by atoms with Crippen LogP contribution in [0.5, 0.6) is 5.75 Å². The molecule has 2 aromatic rings. The molecule has 0 radical (unpaired) electrons. The number of nitrogens with one attached hydrogen (secondary N) is 1. The molecular weight excluding hydrogens is 357 g/mol. The van der Waals surface area contributed by atoms with Gasteiger partial charge in [-0.2, -0.15) is 0 Å². The van der Waals surface area contributed by atoms with Crippen LogP contribution in [0.3, 0.4) is 0 Å². The normalized spacial score (nSPS) is 14.8. The van der Waals surface area contributed by atoms with Crippen molar-refractivity contribution in [3.05, 3.63) is 59.4 Å². The number of nitrogens with zero attached hydrogens (tertiary/aromatic N) is 2. The van der Waals surface area contributed by atoms with Gasteiger partial charge in [-0.05, 0) is 43.4 Å². The van der Waals surface area contributed by atoms with Gasteiger partial charge >= 0.3 is 0 Å². The van der Waals surface area contributed by atoms with Crippen LogP contribution in [0.4, 0.5) is 10.1 Å². The van der Waals surface area contributed by atoms with E-state index in [1.807, 2.05) is 0 Å². The molecule has 6 heteroatoms. The smallest absolute Gasteiger partial charge is 0.211 e. The molecule has 1 amide bonds. The van der Waals surface area contributed by atoms with Crippen molar-refractivity contribution < 1.29 is 13.9 Å². The summed E-state index contributed by atoms with van der Waals surface area (Å²) < 4.78 is 20.0. The maximum Gasteiger partial charge on any atom is 0.211 e. The number of benzene rings is 2. The lowest BCUT2D eigenvalue weighted by Gasteiger charge is -2.32. The Morgan fingerprint density at radius 2 is 1.86 bits per heavy atom. The van der Waals surface area contributed by atoms with Gasteiger partial charge in [0.05, 0.1) is 5.56 Å². The summed E-state index contributed by atoms with van der Waals surface area (Å²) in [5.41, 5.74) is 1.75. The van der Waals surface area contributed by atoms with E-state index in [9.17, 15) is 9.18 Å². The minimum Gasteiger partial charge on any atom is -0.492 e. The molecule has 1 aliphatic heterocycles. The highest BCUT2D eigenvalue weighted by molar-refractivity contribution is 5.71. The Hall–Kier alpha value is -2.88. The van der Waals surface area contributed by atoms with Gasteiger partial charge < -0.3 is 15.0 Å². The predicted molar refractivity (Wildman–Crippen MR) is 108 cm³/mol. The minimum absolute atomic E-state index is 0.321. The summed E-state index contributed by atoms with van der Waals surface area (Å²) in [5, 5.41) is 2.56. The van der Waals surface area contributed by atoms with Gasteiger partial charge in [-0.15, -0.1) is 0 Å². The Kier molecular flexibility index (Phi) is 7.01. The van der Waals surface area contributed by atoms with Crippen molar-refractivity contribution in [3.63, 3.8) is 0 Å². The molecule has 28 heavy (non-hydrogen) atoms. The zero-order chi connectivity index (χ0) is 19.8. The fraction of sp³-hybridized carbons (Fsp3) is 0.318. The molecule has 0 aromatic heterocycles. The first-order valence-electron chi connectivity index (χ1n) is 9.29. The average Bonchev–Trinajstić information content (AvgIpc) is 2.70. The lowest BCUT2D eigenvalue weighted by molar-refractivity contribution is -0.105. The molecule has 0 atom stereocenters. The molecule has 5 nitrogen and oxygen atoms in total.